The SMILES string of the molecule is NCCOCCn1c(C2CC2)nc2cc3c(cc21)OCO3. The van der Waals surface area contributed by atoms with Crippen molar-refractivity contribution in [2.75, 3.05) is 26.6 Å². The van der Waals surface area contributed by atoms with E-state index in [0.29, 0.717) is 25.7 Å². The van der Waals surface area contributed by atoms with Crippen molar-refractivity contribution < 1.29 is 14.2 Å². The molecule has 1 aromatic heterocycles. The molecule has 2 aliphatic rings. The van der Waals surface area contributed by atoms with E-state index in [4.69, 9.17) is 24.9 Å². The highest BCUT2D eigenvalue weighted by Crippen LogP contribution is 2.43. The molecule has 4 rings (SSSR count). The van der Waals surface area contributed by atoms with Crippen LogP contribution >= 0.6 is 0 Å². The Morgan fingerprint density at radius 2 is 2.05 bits per heavy atom. The van der Waals surface area contributed by atoms with Crippen LogP contribution in [0.5, 0.6) is 11.5 Å². The molecule has 0 atom stereocenters. The van der Waals surface area contributed by atoms with Gasteiger partial charge in [-0.15, -0.1) is 0 Å². The van der Waals surface area contributed by atoms with Crippen LogP contribution in [0, 0.1) is 0 Å². The van der Waals surface area contributed by atoms with Crippen molar-refractivity contribution in [2.24, 2.45) is 5.73 Å². The molecule has 2 heterocycles. The molecule has 1 aliphatic carbocycles. The van der Waals surface area contributed by atoms with Gasteiger partial charge in [0.2, 0.25) is 6.79 Å². The summed E-state index contributed by atoms with van der Waals surface area (Å²) in [6, 6.07) is 4.00. The van der Waals surface area contributed by atoms with E-state index in [-0.39, 0.29) is 6.79 Å². The summed E-state index contributed by atoms with van der Waals surface area (Å²) in [4.78, 5) is 4.80. The van der Waals surface area contributed by atoms with Crippen LogP contribution in [0.15, 0.2) is 12.1 Å². The third kappa shape index (κ3) is 2.34. The second-order valence-corrected chi connectivity index (χ2v) is 5.49. The molecule has 1 fully saturated rings. The average Bonchev–Trinajstić information content (AvgIpc) is 3.14. The fraction of sp³-hybridized carbons (Fsp3) is 0.533. The lowest BCUT2D eigenvalue weighted by molar-refractivity contribution is 0.133. The van der Waals surface area contributed by atoms with E-state index in [9.17, 15) is 0 Å². The Hall–Kier alpha value is -1.79. The zero-order chi connectivity index (χ0) is 14.2. The molecule has 2 aromatic rings. The number of ether oxygens (including phenoxy) is 3. The van der Waals surface area contributed by atoms with Gasteiger partial charge in [0.15, 0.2) is 11.5 Å². The standard InChI is InChI=1S/C15H19N3O3/c16-3-5-19-6-4-18-12-8-14-13(20-9-21-14)7-11(12)17-15(18)10-1-2-10/h7-8,10H,1-6,9,16H2. The number of hydrogen-bond acceptors (Lipinski definition) is 5. The first kappa shape index (κ1) is 12.9. The van der Waals surface area contributed by atoms with Crippen molar-refractivity contribution in [3.8, 4) is 11.5 Å². The fourth-order valence-electron chi connectivity index (χ4n) is 2.76. The van der Waals surface area contributed by atoms with E-state index in [2.05, 4.69) is 4.57 Å². The van der Waals surface area contributed by atoms with Crippen LogP contribution in [0.3, 0.4) is 0 Å². The molecule has 112 valence electrons. The molecule has 1 aliphatic heterocycles. The largest absolute Gasteiger partial charge is 0.454 e. The van der Waals surface area contributed by atoms with Gasteiger partial charge in [0.1, 0.15) is 5.82 Å². The number of fused-ring (bicyclic) bond motifs is 2. The Labute approximate surface area is 122 Å². The number of imidazole rings is 1. The second-order valence-electron chi connectivity index (χ2n) is 5.49. The molecule has 6 nitrogen and oxygen atoms in total. The minimum absolute atomic E-state index is 0.289. The highest BCUT2D eigenvalue weighted by molar-refractivity contribution is 5.81. The molecule has 0 saturated heterocycles. The molecule has 1 saturated carbocycles. The molecule has 0 radical (unpaired) electrons. The predicted octanol–water partition coefficient (Wildman–Crippen LogP) is 1.62. The van der Waals surface area contributed by atoms with Gasteiger partial charge in [-0.3, -0.25) is 0 Å². The highest BCUT2D eigenvalue weighted by atomic mass is 16.7. The lowest BCUT2D eigenvalue weighted by Gasteiger charge is -2.09. The van der Waals surface area contributed by atoms with Crippen molar-refractivity contribution in [1.82, 2.24) is 9.55 Å². The van der Waals surface area contributed by atoms with E-state index in [1.54, 1.807) is 0 Å². The first-order valence-electron chi connectivity index (χ1n) is 7.44. The van der Waals surface area contributed by atoms with E-state index in [0.717, 1.165) is 34.9 Å². The maximum absolute atomic E-state index is 5.52. The molecule has 0 spiro atoms. The van der Waals surface area contributed by atoms with Crippen LogP contribution in [-0.2, 0) is 11.3 Å². The molecule has 21 heavy (non-hydrogen) atoms. The Bertz CT molecular complexity index is 664. The number of benzene rings is 1. The number of aromatic nitrogens is 2. The van der Waals surface area contributed by atoms with E-state index in [1.807, 2.05) is 12.1 Å². The molecule has 6 heteroatoms. The van der Waals surface area contributed by atoms with E-state index >= 15 is 0 Å². The molecular formula is C15H19N3O3. The van der Waals surface area contributed by atoms with Gasteiger partial charge in [-0.1, -0.05) is 0 Å². The first-order valence-corrected chi connectivity index (χ1v) is 7.44. The predicted molar refractivity (Wildman–Crippen MR) is 77.7 cm³/mol. The van der Waals surface area contributed by atoms with Crippen LogP contribution in [0.2, 0.25) is 0 Å². The average molecular weight is 289 g/mol. The zero-order valence-corrected chi connectivity index (χ0v) is 11.9. The van der Waals surface area contributed by atoms with Crippen molar-refractivity contribution >= 4 is 11.0 Å². The van der Waals surface area contributed by atoms with E-state index < -0.39 is 0 Å². The van der Waals surface area contributed by atoms with Gasteiger partial charge in [-0.25, -0.2) is 4.98 Å². The van der Waals surface area contributed by atoms with Crippen LogP contribution < -0.4 is 15.2 Å². The van der Waals surface area contributed by atoms with Gasteiger partial charge in [-0.2, -0.15) is 0 Å². The van der Waals surface area contributed by atoms with Crippen LogP contribution in [-0.4, -0.2) is 36.1 Å². The van der Waals surface area contributed by atoms with Crippen LogP contribution in [0.25, 0.3) is 11.0 Å². The summed E-state index contributed by atoms with van der Waals surface area (Å²) in [6.45, 7) is 2.88. The van der Waals surface area contributed by atoms with Crippen molar-refractivity contribution in [2.45, 2.75) is 25.3 Å². The van der Waals surface area contributed by atoms with Crippen molar-refractivity contribution in [3.05, 3.63) is 18.0 Å². The van der Waals surface area contributed by atoms with Crippen LogP contribution in [0.4, 0.5) is 0 Å². The molecule has 0 unspecified atom stereocenters. The number of rotatable bonds is 6. The number of hydrogen-bond donors (Lipinski definition) is 1. The Kier molecular flexibility index (Phi) is 3.20. The monoisotopic (exact) mass is 289 g/mol. The lowest BCUT2D eigenvalue weighted by Crippen LogP contribution is -2.13. The molecule has 1 aromatic carbocycles. The van der Waals surface area contributed by atoms with Crippen LogP contribution in [0.1, 0.15) is 24.6 Å². The maximum atomic E-state index is 5.52. The summed E-state index contributed by atoms with van der Waals surface area (Å²) >= 11 is 0. The third-order valence-electron chi connectivity index (χ3n) is 3.94. The van der Waals surface area contributed by atoms with Gasteiger partial charge < -0.3 is 24.5 Å². The molecule has 0 bridgehead atoms. The minimum atomic E-state index is 0.289. The summed E-state index contributed by atoms with van der Waals surface area (Å²) < 4.78 is 18.7. The second kappa shape index (κ2) is 5.20. The Morgan fingerprint density at radius 3 is 2.81 bits per heavy atom. The Balaban J connectivity index is 1.69. The first-order chi connectivity index (χ1) is 10.4. The quantitative estimate of drug-likeness (QED) is 0.818. The lowest BCUT2D eigenvalue weighted by atomic mass is 10.2. The molecule has 2 N–H and O–H groups in total. The third-order valence-corrected chi connectivity index (χ3v) is 3.94. The highest BCUT2D eigenvalue weighted by Gasteiger charge is 2.30. The normalized spacial score (nSPS) is 16.8. The smallest absolute Gasteiger partial charge is 0.231 e. The van der Waals surface area contributed by atoms with Gasteiger partial charge in [0, 0.05) is 31.1 Å². The summed E-state index contributed by atoms with van der Waals surface area (Å²) in [5, 5.41) is 0. The summed E-state index contributed by atoms with van der Waals surface area (Å²) in [6.07, 6.45) is 2.44. The Morgan fingerprint density at radius 1 is 1.24 bits per heavy atom. The minimum Gasteiger partial charge on any atom is -0.454 e. The van der Waals surface area contributed by atoms with Gasteiger partial charge in [0.25, 0.3) is 0 Å². The van der Waals surface area contributed by atoms with Crippen molar-refractivity contribution in [1.29, 1.82) is 0 Å². The zero-order valence-electron chi connectivity index (χ0n) is 11.9. The number of nitrogens with zero attached hydrogens (tertiary/aromatic N) is 2. The number of nitrogens with two attached hydrogens (primary N) is 1. The summed E-state index contributed by atoms with van der Waals surface area (Å²) in [5.41, 5.74) is 7.52. The summed E-state index contributed by atoms with van der Waals surface area (Å²) in [7, 11) is 0. The molecule has 0 amide bonds. The van der Waals surface area contributed by atoms with Crippen molar-refractivity contribution in [3.63, 3.8) is 0 Å². The fourth-order valence-corrected chi connectivity index (χ4v) is 2.76. The molecular weight excluding hydrogens is 270 g/mol. The summed E-state index contributed by atoms with van der Waals surface area (Å²) in [5.74, 6) is 3.33. The van der Waals surface area contributed by atoms with Gasteiger partial charge in [-0.05, 0) is 12.8 Å². The van der Waals surface area contributed by atoms with Gasteiger partial charge in [0.05, 0.1) is 24.2 Å². The van der Waals surface area contributed by atoms with Gasteiger partial charge >= 0.3 is 0 Å². The maximum Gasteiger partial charge on any atom is 0.231 e. The van der Waals surface area contributed by atoms with E-state index in [1.165, 1.54) is 12.8 Å². The topological polar surface area (TPSA) is 71.5 Å².